The third-order valence-electron chi connectivity index (χ3n) is 4.52. The number of anilines is 1. The first-order valence-corrected chi connectivity index (χ1v) is 8.29. The Morgan fingerprint density at radius 1 is 1.13 bits per heavy atom. The van der Waals surface area contributed by atoms with E-state index in [0.717, 1.165) is 25.2 Å². The highest BCUT2D eigenvalue weighted by atomic mass is 16.2. The molecular formula is C20H24N2O. The quantitative estimate of drug-likeness (QED) is 0.934. The highest BCUT2D eigenvalue weighted by Gasteiger charge is 2.19. The average Bonchev–Trinajstić information content (AvgIpc) is 2.56. The molecule has 2 aromatic carbocycles. The number of nitrogens with one attached hydrogen (secondary N) is 1. The Morgan fingerprint density at radius 2 is 1.91 bits per heavy atom. The summed E-state index contributed by atoms with van der Waals surface area (Å²) >= 11 is 0. The van der Waals surface area contributed by atoms with E-state index >= 15 is 0 Å². The lowest BCUT2D eigenvalue weighted by molar-refractivity contribution is -0.131. The van der Waals surface area contributed by atoms with E-state index in [-0.39, 0.29) is 5.91 Å². The van der Waals surface area contributed by atoms with E-state index in [4.69, 9.17) is 0 Å². The second-order valence-corrected chi connectivity index (χ2v) is 6.33. The molecule has 0 bridgehead atoms. The molecule has 0 saturated heterocycles. The number of rotatable bonds is 4. The van der Waals surface area contributed by atoms with Gasteiger partial charge in [0.2, 0.25) is 5.91 Å². The molecular weight excluding hydrogens is 284 g/mol. The van der Waals surface area contributed by atoms with Gasteiger partial charge in [-0.2, -0.15) is 0 Å². The Bertz CT molecular complexity index is 709. The van der Waals surface area contributed by atoms with Gasteiger partial charge in [0.05, 0.1) is 0 Å². The molecule has 0 fully saturated rings. The van der Waals surface area contributed by atoms with Gasteiger partial charge in [0.1, 0.15) is 0 Å². The van der Waals surface area contributed by atoms with Crippen LogP contribution in [0.5, 0.6) is 0 Å². The summed E-state index contributed by atoms with van der Waals surface area (Å²) in [5.74, 6) is 0.233. The van der Waals surface area contributed by atoms with E-state index in [1.165, 1.54) is 22.3 Å². The van der Waals surface area contributed by atoms with E-state index in [0.29, 0.717) is 13.0 Å². The molecule has 23 heavy (non-hydrogen) atoms. The van der Waals surface area contributed by atoms with E-state index in [9.17, 15) is 4.79 Å². The second kappa shape index (κ2) is 6.86. The molecule has 1 heterocycles. The zero-order valence-electron chi connectivity index (χ0n) is 13.9. The summed E-state index contributed by atoms with van der Waals surface area (Å²) in [6.07, 6.45) is 1.50. The lowest BCUT2D eigenvalue weighted by Crippen LogP contribution is -2.36. The van der Waals surface area contributed by atoms with Gasteiger partial charge in [-0.15, -0.1) is 0 Å². The van der Waals surface area contributed by atoms with Crippen molar-refractivity contribution in [3.63, 3.8) is 0 Å². The molecule has 1 aliphatic rings. The van der Waals surface area contributed by atoms with Crippen LogP contribution in [0, 0.1) is 13.8 Å². The first kappa shape index (κ1) is 15.6. The van der Waals surface area contributed by atoms with Gasteiger partial charge in [0.15, 0.2) is 0 Å². The largest absolute Gasteiger partial charge is 0.384 e. The molecule has 2 aromatic rings. The van der Waals surface area contributed by atoms with Crippen LogP contribution in [0.4, 0.5) is 5.69 Å². The maximum Gasteiger partial charge on any atom is 0.224 e. The zero-order valence-corrected chi connectivity index (χ0v) is 13.9. The van der Waals surface area contributed by atoms with Crippen molar-refractivity contribution in [2.45, 2.75) is 33.2 Å². The third kappa shape index (κ3) is 3.73. The van der Waals surface area contributed by atoms with Crippen LogP contribution in [0.25, 0.3) is 0 Å². The van der Waals surface area contributed by atoms with Crippen molar-refractivity contribution >= 4 is 11.6 Å². The van der Waals surface area contributed by atoms with Crippen LogP contribution in [0.1, 0.15) is 28.7 Å². The summed E-state index contributed by atoms with van der Waals surface area (Å²) in [6.45, 7) is 6.45. The molecule has 0 atom stereocenters. The highest BCUT2D eigenvalue weighted by Crippen LogP contribution is 2.19. The van der Waals surface area contributed by atoms with E-state index in [1.807, 2.05) is 4.90 Å². The SMILES string of the molecule is Cc1ccc(NCCC(=O)N2CCc3ccccc3C2)c(C)c1. The smallest absolute Gasteiger partial charge is 0.224 e. The van der Waals surface area contributed by atoms with Crippen LogP contribution in [0.15, 0.2) is 42.5 Å². The van der Waals surface area contributed by atoms with Gasteiger partial charge < -0.3 is 10.2 Å². The number of hydrogen-bond acceptors (Lipinski definition) is 2. The Kier molecular flexibility index (Phi) is 4.65. The van der Waals surface area contributed by atoms with Crippen molar-refractivity contribution in [2.75, 3.05) is 18.4 Å². The van der Waals surface area contributed by atoms with E-state index < -0.39 is 0 Å². The number of benzene rings is 2. The van der Waals surface area contributed by atoms with Crippen LogP contribution >= 0.6 is 0 Å². The summed E-state index contributed by atoms with van der Waals surface area (Å²) in [6, 6.07) is 14.8. The fourth-order valence-electron chi connectivity index (χ4n) is 3.18. The fourth-order valence-corrected chi connectivity index (χ4v) is 3.18. The van der Waals surface area contributed by atoms with Gasteiger partial charge >= 0.3 is 0 Å². The number of nitrogens with zero attached hydrogens (tertiary/aromatic N) is 1. The number of hydrogen-bond donors (Lipinski definition) is 1. The lowest BCUT2D eigenvalue weighted by Gasteiger charge is -2.29. The molecule has 0 aliphatic carbocycles. The molecule has 0 aromatic heterocycles. The maximum absolute atomic E-state index is 12.4. The van der Waals surface area contributed by atoms with Gasteiger partial charge in [-0.05, 0) is 43.0 Å². The number of carbonyl (C=O) groups excluding carboxylic acids is 1. The molecule has 0 unspecified atom stereocenters. The van der Waals surface area contributed by atoms with Gasteiger partial charge in [0, 0.05) is 31.7 Å². The third-order valence-corrected chi connectivity index (χ3v) is 4.52. The van der Waals surface area contributed by atoms with Crippen LogP contribution in [0.2, 0.25) is 0 Å². The van der Waals surface area contributed by atoms with Crippen molar-refractivity contribution in [3.05, 3.63) is 64.7 Å². The summed E-state index contributed by atoms with van der Waals surface area (Å²) in [5.41, 5.74) is 6.27. The minimum absolute atomic E-state index is 0.233. The Balaban J connectivity index is 1.52. The topological polar surface area (TPSA) is 32.3 Å². The van der Waals surface area contributed by atoms with Crippen LogP contribution in [-0.2, 0) is 17.8 Å². The normalized spacial score (nSPS) is 13.6. The zero-order chi connectivity index (χ0) is 16.2. The van der Waals surface area contributed by atoms with Crippen molar-refractivity contribution in [3.8, 4) is 0 Å². The predicted octanol–water partition coefficient (Wildman–Crippen LogP) is 3.69. The molecule has 0 saturated carbocycles. The molecule has 1 amide bonds. The van der Waals surface area contributed by atoms with Crippen LogP contribution in [0.3, 0.4) is 0 Å². The number of amides is 1. The van der Waals surface area contributed by atoms with E-state index in [2.05, 4.69) is 61.6 Å². The average molecular weight is 308 g/mol. The van der Waals surface area contributed by atoms with Crippen LogP contribution in [-0.4, -0.2) is 23.9 Å². The lowest BCUT2D eigenvalue weighted by atomic mass is 10.00. The molecule has 1 N–H and O–H groups in total. The summed E-state index contributed by atoms with van der Waals surface area (Å²) in [7, 11) is 0. The summed E-state index contributed by atoms with van der Waals surface area (Å²) < 4.78 is 0. The van der Waals surface area contributed by atoms with E-state index in [1.54, 1.807) is 0 Å². The second-order valence-electron chi connectivity index (χ2n) is 6.33. The number of carbonyl (C=O) groups is 1. The molecule has 3 nitrogen and oxygen atoms in total. The van der Waals surface area contributed by atoms with Crippen molar-refractivity contribution in [2.24, 2.45) is 0 Å². The summed E-state index contributed by atoms with van der Waals surface area (Å²) in [5, 5.41) is 3.38. The monoisotopic (exact) mass is 308 g/mol. The molecule has 0 spiro atoms. The fraction of sp³-hybridized carbons (Fsp3) is 0.350. The predicted molar refractivity (Wildman–Crippen MR) is 94.6 cm³/mol. The molecule has 3 heteroatoms. The molecule has 120 valence electrons. The minimum Gasteiger partial charge on any atom is -0.384 e. The number of aryl methyl sites for hydroxylation is 2. The van der Waals surface area contributed by atoms with Crippen molar-refractivity contribution < 1.29 is 4.79 Å². The first-order chi connectivity index (χ1) is 11.1. The molecule has 1 aliphatic heterocycles. The van der Waals surface area contributed by atoms with Gasteiger partial charge in [-0.3, -0.25) is 4.79 Å². The molecule has 0 radical (unpaired) electrons. The maximum atomic E-state index is 12.4. The van der Waals surface area contributed by atoms with Crippen molar-refractivity contribution in [1.29, 1.82) is 0 Å². The standard InChI is InChI=1S/C20H24N2O/c1-15-7-8-19(16(2)13-15)21-11-9-20(23)22-12-10-17-5-3-4-6-18(17)14-22/h3-8,13,21H,9-12,14H2,1-2H3. The van der Waals surface area contributed by atoms with Gasteiger partial charge in [-0.1, -0.05) is 42.0 Å². The Hall–Kier alpha value is -2.29. The summed E-state index contributed by atoms with van der Waals surface area (Å²) in [4.78, 5) is 14.4. The Labute approximate surface area is 138 Å². The molecule has 3 rings (SSSR count). The minimum atomic E-state index is 0.233. The Morgan fingerprint density at radius 3 is 2.70 bits per heavy atom. The van der Waals surface area contributed by atoms with Gasteiger partial charge in [-0.25, -0.2) is 0 Å². The van der Waals surface area contributed by atoms with Crippen molar-refractivity contribution in [1.82, 2.24) is 4.90 Å². The number of fused-ring (bicyclic) bond motifs is 1. The highest BCUT2D eigenvalue weighted by molar-refractivity contribution is 5.77. The first-order valence-electron chi connectivity index (χ1n) is 8.29. The van der Waals surface area contributed by atoms with Gasteiger partial charge in [0.25, 0.3) is 0 Å². The van der Waals surface area contributed by atoms with Crippen LogP contribution < -0.4 is 5.32 Å².